The van der Waals surface area contributed by atoms with E-state index in [0.29, 0.717) is 0 Å². The molecule has 1 aliphatic heterocycles. The molecule has 0 spiro atoms. The van der Waals surface area contributed by atoms with Gasteiger partial charge in [0, 0.05) is 0 Å². The Morgan fingerprint density at radius 2 is 1.67 bits per heavy atom. The Labute approximate surface area is 136 Å². The molecule has 1 rings (SSSR count). The zero-order valence-corrected chi connectivity index (χ0v) is 12.5. The molecule has 24 heavy (non-hydrogen) atoms. The number of hydrogen-bond donors (Lipinski definition) is 9. The molecule has 0 aliphatic carbocycles. The smallest absolute Gasteiger partial charge is 0.249 e. The van der Waals surface area contributed by atoms with E-state index >= 15 is 0 Å². The highest BCUT2D eigenvalue weighted by Gasteiger charge is 2.47. The summed E-state index contributed by atoms with van der Waals surface area (Å²) in [5, 5.41) is 76.2. The van der Waals surface area contributed by atoms with Gasteiger partial charge in [-0.1, -0.05) is 0 Å². The van der Waals surface area contributed by atoms with Crippen LogP contribution in [-0.2, 0) is 14.3 Å². The lowest BCUT2D eigenvalue weighted by Crippen LogP contribution is -2.62. The van der Waals surface area contributed by atoms with Crippen LogP contribution in [0.25, 0.3) is 0 Å². The van der Waals surface area contributed by atoms with Gasteiger partial charge in [-0.15, -0.1) is 0 Å². The number of carbonyl (C=O) groups is 1. The molecule has 0 aromatic rings. The van der Waals surface area contributed by atoms with E-state index in [1.165, 1.54) is 0 Å². The minimum absolute atomic E-state index is 0.746. The number of hydrogen-bond acceptors (Lipinski definition) is 11. The van der Waals surface area contributed by atoms with Crippen LogP contribution in [-0.4, -0.2) is 115 Å². The topological polar surface area (TPSA) is 223 Å². The highest BCUT2D eigenvalue weighted by atomic mass is 16.7. The van der Waals surface area contributed by atoms with E-state index in [4.69, 9.17) is 25.4 Å². The van der Waals surface area contributed by atoms with E-state index in [2.05, 4.69) is 0 Å². The summed E-state index contributed by atoms with van der Waals surface area (Å²) in [6, 6.07) is 0. The maximum Gasteiger partial charge on any atom is 0.249 e. The molecule has 1 heterocycles. The second-order valence-corrected chi connectivity index (χ2v) is 5.39. The van der Waals surface area contributed by atoms with Gasteiger partial charge < -0.3 is 56.1 Å². The molecule has 1 amide bonds. The van der Waals surface area contributed by atoms with Crippen LogP contribution in [0.1, 0.15) is 0 Å². The third-order valence-electron chi connectivity index (χ3n) is 3.66. The SMILES string of the molecule is NC(=O)[C@H](O)[C@@H](O)[C@H](O[C@@H]1O[C@H](CO)[C@@H](O)[C@H](O)[C@H]1O)[C@H](O)CO. The van der Waals surface area contributed by atoms with Crippen LogP contribution in [0.4, 0.5) is 0 Å². The number of ether oxygens (including phenoxy) is 2. The van der Waals surface area contributed by atoms with Gasteiger partial charge in [0.05, 0.1) is 13.2 Å². The first kappa shape index (κ1) is 21.1. The Morgan fingerprint density at radius 3 is 2.12 bits per heavy atom. The molecule has 0 bridgehead atoms. The van der Waals surface area contributed by atoms with Gasteiger partial charge >= 0.3 is 0 Å². The molecule has 12 nitrogen and oxygen atoms in total. The van der Waals surface area contributed by atoms with Gasteiger partial charge in [-0.05, 0) is 0 Å². The Bertz CT molecular complexity index is 408. The molecular formula is C12H23NO11. The van der Waals surface area contributed by atoms with E-state index in [1.54, 1.807) is 0 Å². The molecule has 142 valence electrons. The van der Waals surface area contributed by atoms with Crippen molar-refractivity contribution in [3.8, 4) is 0 Å². The van der Waals surface area contributed by atoms with Crippen molar-refractivity contribution in [2.45, 2.75) is 55.1 Å². The van der Waals surface area contributed by atoms with Crippen molar-refractivity contribution in [1.82, 2.24) is 0 Å². The number of carbonyl (C=O) groups excluding carboxylic acids is 1. The largest absolute Gasteiger partial charge is 0.394 e. The molecule has 1 saturated heterocycles. The number of aliphatic hydroxyl groups excluding tert-OH is 8. The lowest BCUT2D eigenvalue weighted by atomic mass is 9.98. The summed E-state index contributed by atoms with van der Waals surface area (Å²) in [6.07, 6.45) is -16.3. The van der Waals surface area contributed by atoms with Crippen molar-refractivity contribution in [2.24, 2.45) is 5.73 Å². The second kappa shape index (κ2) is 8.96. The van der Waals surface area contributed by atoms with Crippen LogP contribution in [0.15, 0.2) is 0 Å². The molecule has 10 N–H and O–H groups in total. The van der Waals surface area contributed by atoms with Gasteiger partial charge in [0.2, 0.25) is 5.91 Å². The number of rotatable bonds is 8. The van der Waals surface area contributed by atoms with E-state index in [0.717, 1.165) is 0 Å². The number of aliphatic hydroxyl groups is 8. The number of nitrogens with two attached hydrogens (primary N) is 1. The average molecular weight is 357 g/mol. The van der Waals surface area contributed by atoms with Gasteiger partial charge in [0.15, 0.2) is 12.4 Å². The standard InChI is InChI=1S/C12H23NO11/c13-11(22)8(20)7(19)10(3(16)1-14)24-12-9(21)6(18)5(17)4(2-15)23-12/h3-10,12,14-21H,1-2H2,(H2,13,22)/t3-,4-,5-,6+,7-,8-,9-,10-,12+/m1/s1. The molecule has 0 unspecified atom stereocenters. The first-order valence-electron chi connectivity index (χ1n) is 7.06. The van der Waals surface area contributed by atoms with Crippen LogP contribution in [0, 0.1) is 0 Å². The van der Waals surface area contributed by atoms with Gasteiger partial charge in [-0.25, -0.2) is 0 Å². The fourth-order valence-electron chi connectivity index (χ4n) is 2.19. The molecule has 1 fully saturated rings. The third kappa shape index (κ3) is 4.58. The molecule has 0 aromatic carbocycles. The van der Waals surface area contributed by atoms with Crippen LogP contribution in [0.5, 0.6) is 0 Å². The Balaban J connectivity index is 2.94. The molecule has 0 radical (unpaired) electrons. The van der Waals surface area contributed by atoms with Crippen molar-refractivity contribution in [3.05, 3.63) is 0 Å². The quantitative estimate of drug-likeness (QED) is 0.198. The van der Waals surface area contributed by atoms with Crippen molar-refractivity contribution in [2.75, 3.05) is 13.2 Å². The minimum atomic E-state index is -2.17. The van der Waals surface area contributed by atoms with Crippen LogP contribution in [0.2, 0.25) is 0 Å². The lowest BCUT2D eigenvalue weighted by Gasteiger charge is -2.42. The maximum absolute atomic E-state index is 10.9. The molecule has 1 aliphatic rings. The van der Waals surface area contributed by atoms with Crippen LogP contribution in [0.3, 0.4) is 0 Å². The van der Waals surface area contributed by atoms with Gasteiger partial charge in [-0.2, -0.15) is 0 Å². The van der Waals surface area contributed by atoms with Gasteiger partial charge in [0.1, 0.15) is 42.7 Å². The summed E-state index contributed by atoms with van der Waals surface area (Å²) in [7, 11) is 0. The molecule has 0 saturated carbocycles. The third-order valence-corrected chi connectivity index (χ3v) is 3.66. The predicted octanol–water partition coefficient (Wildman–Crippen LogP) is -6.27. The maximum atomic E-state index is 10.9. The molecule has 0 aromatic heterocycles. The lowest BCUT2D eigenvalue weighted by molar-refractivity contribution is -0.326. The van der Waals surface area contributed by atoms with Crippen LogP contribution >= 0.6 is 0 Å². The highest BCUT2D eigenvalue weighted by Crippen LogP contribution is 2.24. The van der Waals surface area contributed by atoms with E-state index in [1.807, 2.05) is 0 Å². The van der Waals surface area contributed by atoms with Crippen LogP contribution < -0.4 is 5.73 Å². The number of primary amides is 1. The van der Waals surface area contributed by atoms with Gasteiger partial charge in [-0.3, -0.25) is 4.79 Å². The van der Waals surface area contributed by atoms with E-state index < -0.39 is 74.2 Å². The summed E-state index contributed by atoms with van der Waals surface area (Å²) >= 11 is 0. The van der Waals surface area contributed by atoms with Crippen molar-refractivity contribution < 1.29 is 55.1 Å². The Morgan fingerprint density at radius 1 is 1.08 bits per heavy atom. The molecule has 12 heteroatoms. The average Bonchev–Trinajstić information content (AvgIpc) is 2.57. The van der Waals surface area contributed by atoms with E-state index in [9.17, 15) is 35.4 Å². The highest BCUT2D eigenvalue weighted by molar-refractivity contribution is 5.79. The fraction of sp³-hybridized carbons (Fsp3) is 0.917. The second-order valence-electron chi connectivity index (χ2n) is 5.39. The normalized spacial score (nSPS) is 35.9. The fourth-order valence-corrected chi connectivity index (χ4v) is 2.19. The first-order chi connectivity index (χ1) is 11.1. The monoisotopic (exact) mass is 357 g/mol. The Hall–Kier alpha value is -0.930. The molecular weight excluding hydrogens is 334 g/mol. The predicted molar refractivity (Wildman–Crippen MR) is 72.9 cm³/mol. The Kier molecular flexibility index (Phi) is 7.88. The van der Waals surface area contributed by atoms with Crippen molar-refractivity contribution in [1.29, 1.82) is 0 Å². The van der Waals surface area contributed by atoms with E-state index in [-0.39, 0.29) is 0 Å². The zero-order chi connectivity index (χ0) is 18.6. The summed E-state index contributed by atoms with van der Waals surface area (Å²) in [5.74, 6) is -1.34. The van der Waals surface area contributed by atoms with Crippen molar-refractivity contribution >= 4 is 5.91 Å². The van der Waals surface area contributed by atoms with Crippen molar-refractivity contribution in [3.63, 3.8) is 0 Å². The minimum Gasteiger partial charge on any atom is -0.394 e. The summed E-state index contributed by atoms with van der Waals surface area (Å²) < 4.78 is 10.1. The summed E-state index contributed by atoms with van der Waals surface area (Å²) in [5.41, 5.74) is 4.83. The molecule has 9 atom stereocenters. The summed E-state index contributed by atoms with van der Waals surface area (Å²) in [6.45, 7) is -1.70. The van der Waals surface area contributed by atoms with Gasteiger partial charge in [0.25, 0.3) is 0 Å². The summed E-state index contributed by atoms with van der Waals surface area (Å²) in [4.78, 5) is 10.9. The first-order valence-corrected chi connectivity index (χ1v) is 7.06. The number of amides is 1. The zero-order valence-electron chi connectivity index (χ0n) is 12.5.